The Bertz CT molecular complexity index is 1450. The first-order chi connectivity index (χ1) is 17.0. The number of halogens is 3. The van der Waals surface area contributed by atoms with Gasteiger partial charge in [-0.1, -0.05) is 0 Å². The third-order valence-corrected chi connectivity index (χ3v) is 6.18. The lowest BCUT2D eigenvalue weighted by atomic mass is 10.1. The number of carbonyl (C=O) groups excluding carboxylic acids is 1. The molecular formula is C25H27F3N6O2. The number of aryl methyl sites for hydroxylation is 1. The number of amides is 1. The highest BCUT2D eigenvalue weighted by Crippen LogP contribution is 2.32. The topological polar surface area (TPSA) is 77.6 Å². The molecule has 4 aromatic rings. The lowest BCUT2D eigenvalue weighted by Gasteiger charge is -2.33. The highest BCUT2D eigenvalue weighted by Gasteiger charge is 2.28. The maximum absolute atomic E-state index is 15.1. The second kappa shape index (κ2) is 8.79. The molecule has 0 aliphatic carbocycles. The number of hydrogen-bond donors (Lipinski definition) is 0. The van der Waals surface area contributed by atoms with Gasteiger partial charge in [-0.25, -0.2) is 27.5 Å². The third kappa shape index (κ3) is 4.61. The summed E-state index contributed by atoms with van der Waals surface area (Å²) < 4.78 is 51.0. The van der Waals surface area contributed by atoms with Gasteiger partial charge >= 0.3 is 6.09 Å². The van der Waals surface area contributed by atoms with Crippen LogP contribution in [-0.4, -0.2) is 54.1 Å². The van der Waals surface area contributed by atoms with E-state index in [1.165, 1.54) is 16.6 Å². The minimum Gasteiger partial charge on any atom is -0.444 e. The molecule has 0 atom stereocenters. The second-order valence-electron chi connectivity index (χ2n) is 10.1. The largest absolute Gasteiger partial charge is 0.444 e. The Morgan fingerprint density at radius 1 is 1.11 bits per heavy atom. The Morgan fingerprint density at radius 2 is 1.83 bits per heavy atom. The summed E-state index contributed by atoms with van der Waals surface area (Å²) in [5.41, 5.74) is 0.599. The molecule has 0 radical (unpaired) electrons. The Morgan fingerprint density at radius 3 is 2.50 bits per heavy atom. The standard InChI is InChI=1S/C25H27F3N6O2/c1-14-12-34-23(29-14)18(22(27)28)11-20(30-34)15-9-16-13-33(31-21(16)19(26)10-15)17-5-7-32(8-6-17)24(35)36-25(2,3)4/h9-13,17,22H,5-8H2,1-4H3. The number of imidazole rings is 1. The zero-order valence-electron chi connectivity index (χ0n) is 20.5. The summed E-state index contributed by atoms with van der Waals surface area (Å²) in [6.45, 7) is 8.19. The van der Waals surface area contributed by atoms with E-state index in [4.69, 9.17) is 4.74 Å². The second-order valence-corrected chi connectivity index (χ2v) is 10.1. The van der Waals surface area contributed by atoms with Crippen LogP contribution >= 0.6 is 0 Å². The van der Waals surface area contributed by atoms with E-state index in [0.29, 0.717) is 42.6 Å². The van der Waals surface area contributed by atoms with Gasteiger partial charge in [0.05, 0.1) is 29.2 Å². The van der Waals surface area contributed by atoms with Gasteiger partial charge in [0, 0.05) is 30.2 Å². The van der Waals surface area contributed by atoms with Gasteiger partial charge in [-0.2, -0.15) is 10.2 Å². The van der Waals surface area contributed by atoms with Crippen LogP contribution in [0.1, 0.15) is 57.3 Å². The molecule has 1 aliphatic heterocycles. The van der Waals surface area contributed by atoms with E-state index in [-0.39, 0.29) is 34.6 Å². The van der Waals surface area contributed by atoms with Crippen LogP contribution in [0.3, 0.4) is 0 Å². The predicted octanol–water partition coefficient (Wildman–Crippen LogP) is 5.70. The maximum atomic E-state index is 15.1. The third-order valence-electron chi connectivity index (χ3n) is 6.18. The Balaban J connectivity index is 1.42. The molecule has 11 heteroatoms. The lowest BCUT2D eigenvalue weighted by molar-refractivity contribution is 0.0185. The molecule has 3 aromatic heterocycles. The van der Waals surface area contributed by atoms with Crippen LogP contribution in [0.5, 0.6) is 0 Å². The van der Waals surface area contributed by atoms with E-state index in [1.54, 1.807) is 35.0 Å². The number of alkyl halides is 2. The Hall–Kier alpha value is -3.63. The number of rotatable bonds is 3. The maximum Gasteiger partial charge on any atom is 0.410 e. The molecule has 36 heavy (non-hydrogen) atoms. The van der Waals surface area contributed by atoms with Gasteiger partial charge in [0.25, 0.3) is 6.43 Å². The van der Waals surface area contributed by atoms with Gasteiger partial charge < -0.3 is 9.64 Å². The van der Waals surface area contributed by atoms with Crippen molar-refractivity contribution in [2.75, 3.05) is 13.1 Å². The van der Waals surface area contributed by atoms with Gasteiger partial charge in [-0.15, -0.1) is 0 Å². The highest BCUT2D eigenvalue weighted by molar-refractivity contribution is 5.84. The normalized spacial score (nSPS) is 15.4. The van der Waals surface area contributed by atoms with E-state index in [0.717, 1.165) is 0 Å². The average molecular weight is 501 g/mol. The van der Waals surface area contributed by atoms with Crippen molar-refractivity contribution in [1.82, 2.24) is 29.3 Å². The van der Waals surface area contributed by atoms with Crippen molar-refractivity contribution in [2.24, 2.45) is 0 Å². The fourth-order valence-electron chi connectivity index (χ4n) is 4.50. The number of hydrogen-bond acceptors (Lipinski definition) is 5. The first-order valence-corrected chi connectivity index (χ1v) is 11.8. The summed E-state index contributed by atoms with van der Waals surface area (Å²) in [5, 5.41) is 9.38. The van der Waals surface area contributed by atoms with Gasteiger partial charge in [0.15, 0.2) is 11.5 Å². The van der Waals surface area contributed by atoms with Crippen molar-refractivity contribution < 1.29 is 22.7 Å². The van der Waals surface area contributed by atoms with Crippen molar-refractivity contribution in [3.05, 3.63) is 47.7 Å². The van der Waals surface area contributed by atoms with E-state index >= 15 is 4.39 Å². The van der Waals surface area contributed by atoms with Gasteiger partial charge in [0.2, 0.25) is 0 Å². The number of benzene rings is 1. The molecule has 0 bridgehead atoms. The van der Waals surface area contributed by atoms with Crippen molar-refractivity contribution in [3.63, 3.8) is 0 Å². The fourth-order valence-corrected chi connectivity index (χ4v) is 4.50. The summed E-state index contributed by atoms with van der Waals surface area (Å²) >= 11 is 0. The molecule has 8 nitrogen and oxygen atoms in total. The van der Waals surface area contributed by atoms with E-state index < -0.39 is 17.8 Å². The van der Waals surface area contributed by atoms with E-state index in [2.05, 4.69) is 15.2 Å². The molecule has 1 saturated heterocycles. The molecule has 0 saturated carbocycles. The van der Waals surface area contributed by atoms with Gasteiger partial charge in [0.1, 0.15) is 11.1 Å². The van der Waals surface area contributed by atoms with Crippen LogP contribution in [0.15, 0.2) is 30.6 Å². The van der Waals surface area contributed by atoms with Crippen molar-refractivity contribution in [3.8, 4) is 11.3 Å². The van der Waals surface area contributed by atoms with Crippen molar-refractivity contribution >= 4 is 22.6 Å². The minimum absolute atomic E-state index is 0.00669. The monoisotopic (exact) mass is 500 g/mol. The van der Waals surface area contributed by atoms with Crippen molar-refractivity contribution in [2.45, 2.75) is 58.6 Å². The van der Waals surface area contributed by atoms with Crippen LogP contribution in [0.25, 0.3) is 27.8 Å². The Kier molecular flexibility index (Phi) is 5.88. The molecule has 0 unspecified atom stereocenters. The number of carbonyl (C=O) groups is 1. The zero-order chi connectivity index (χ0) is 25.8. The number of piperidine rings is 1. The minimum atomic E-state index is -2.75. The average Bonchev–Trinajstić information content (AvgIpc) is 3.40. The van der Waals surface area contributed by atoms with Gasteiger partial charge in [-0.3, -0.25) is 4.68 Å². The number of likely N-dealkylation sites (tertiary alicyclic amines) is 1. The number of fused-ring (bicyclic) bond motifs is 2. The summed E-state index contributed by atoms with van der Waals surface area (Å²) in [4.78, 5) is 18.1. The molecule has 0 N–H and O–H groups in total. The summed E-state index contributed by atoms with van der Waals surface area (Å²) in [7, 11) is 0. The number of ether oxygens (including phenoxy) is 1. The number of aromatic nitrogens is 5. The van der Waals surface area contributed by atoms with Crippen LogP contribution in [-0.2, 0) is 4.74 Å². The van der Waals surface area contributed by atoms with Gasteiger partial charge in [-0.05, 0) is 58.7 Å². The molecule has 1 fully saturated rings. The van der Waals surface area contributed by atoms with Crippen LogP contribution in [0.4, 0.5) is 18.0 Å². The molecule has 5 rings (SSSR count). The molecule has 1 aromatic carbocycles. The molecular weight excluding hydrogens is 473 g/mol. The van der Waals surface area contributed by atoms with Crippen LogP contribution in [0, 0.1) is 12.7 Å². The molecule has 0 spiro atoms. The lowest BCUT2D eigenvalue weighted by Crippen LogP contribution is -2.42. The van der Waals surface area contributed by atoms with E-state index in [1.807, 2.05) is 20.8 Å². The number of nitrogens with zero attached hydrogens (tertiary/aromatic N) is 6. The molecule has 190 valence electrons. The van der Waals surface area contributed by atoms with Crippen molar-refractivity contribution in [1.29, 1.82) is 0 Å². The first kappa shape index (κ1) is 24.1. The first-order valence-electron chi connectivity index (χ1n) is 11.8. The highest BCUT2D eigenvalue weighted by atomic mass is 19.3. The molecule has 4 heterocycles. The van der Waals surface area contributed by atoms with Crippen LogP contribution < -0.4 is 0 Å². The summed E-state index contributed by atoms with van der Waals surface area (Å²) in [6, 6.07) is 4.21. The van der Waals surface area contributed by atoms with E-state index in [9.17, 15) is 13.6 Å². The Labute approximate surface area is 205 Å². The van der Waals surface area contributed by atoms with Crippen LogP contribution in [0.2, 0.25) is 0 Å². The SMILES string of the molecule is Cc1cn2nc(-c3cc(F)c4nn(C5CCN(C(=O)OC(C)(C)C)CC5)cc4c3)cc(C(F)F)c2n1. The molecule has 1 amide bonds. The zero-order valence-corrected chi connectivity index (χ0v) is 20.5. The smallest absolute Gasteiger partial charge is 0.410 e. The quantitative estimate of drug-likeness (QED) is 0.361. The predicted molar refractivity (Wildman–Crippen MR) is 127 cm³/mol. The fraction of sp³-hybridized carbons (Fsp3) is 0.440. The summed E-state index contributed by atoms with van der Waals surface area (Å²) in [5.74, 6) is -0.560. The molecule has 1 aliphatic rings. The summed E-state index contributed by atoms with van der Waals surface area (Å²) in [6.07, 6.45) is 1.52.